The van der Waals surface area contributed by atoms with Crippen LogP contribution in [0.25, 0.3) is 11.2 Å². The first kappa shape index (κ1) is 43.0. The highest BCUT2D eigenvalue weighted by molar-refractivity contribution is 7.66. The number of aliphatic imine (C=N–C) groups is 1. The predicted octanol–water partition coefficient (Wildman–Crippen LogP) is -4.06. The van der Waals surface area contributed by atoms with Gasteiger partial charge in [-0.1, -0.05) is 6.92 Å². The summed E-state index contributed by atoms with van der Waals surface area (Å²) < 4.78 is 67.2. The molecule has 5 heterocycles. The van der Waals surface area contributed by atoms with Gasteiger partial charge in [-0.3, -0.25) is 23.4 Å². The minimum Gasteiger partial charge on any atom is -0.387 e. The van der Waals surface area contributed by atoms with Gasteiger partial charge in [-0.25, -0.2) is 18.7 Å². The predicted molar refractivity (Wildman–Crippen MR) is 181 cm³/mol. The average Bonchev–Trinajstić information content (AvgIpc) is 3.77. The molecular formula is C24H41N10O18P3. The largest absolute Gasteiger partial charge is 0.490 e. The summed E-state index contributed by atoms with van der Waals surface area (Å²) in [6.45, 7) is 0.941. The van der Waals surface area contributed by atoms with Crippen LogP contribution in [-0.4, -0.2) is 151 Å². The van der Waals surface area contributed by atoms with Crippen molar-refractivity contribution < 1.29 is 81.1 Å². The van der Waals surface area contributed by atoms with E-state index in [0.717, 1.165) is 10.9 Å². The summed E-state index contributed by atoms with van der Waals surface area (Å²) in [5, 5.41) is 53.4. The third-order valence-corrected chi connectivity index (χ3v) is 12.8. The van der Waals surface area contributed by atoms with Crippen LogP contribution in [0.5, 0.6) is 0 Å². The number of nitrogens with two attached hydrogens (primary N) is 3. The molecule has 12 atom stereocenters. The summed E-state index contributed by atoms with van der Waals surface area (Å²) in [7, 11) is -15.8. The number of nitrogen functional groups attached to an aromatic ring is 1. The van der Waals surface area contributed by atoms with Crippen molar-refractivity contribution in [1.82, 2.24) is 29.3 Å². The number of imidazole rings is 1. The van der Waals surface area contributed by atoms with Gasteiger partial charge in [0, 0.05) is 7.05 Å². The molecule has 0 aliphatic carbocycles. The lowest BCUT2D eigenvalue weighted by Crippen LogP contribution is -2.44. The number of rotatable bonds is 15. The summed E-state index contributed by atoms with van der Waals surface area (Å²) in [6.07, 6.45) is -12.1. The monoisotopic (exact) mass is 850 g/mol. The van der Waals surface area contributed by atoms with E-state index in [1.165, 1.54) is 11.8 Å². The van der Waals surface area contributed by atoms with E-state index in [1.54, 1.807) is 18.9 Å². The van der Waals surface area contributed by atoms with Crippen LogP contribution in [0.1, 0.15) is 26.5 Å². The van der Waals surface area contributed by atoms with Crippen LogP contribution in [0.2, 0.25) is 0 Å². The number of aliphatic hydroxyl groups excluding tert-OH is 4. The Morgan fingerprint density at radius 2 is 1.51 bits per heavy atom. The number of phosphoric ester groups is 2. The zero-order valence-electron chi connectivity index (χ0n) is 28.9. The second-order valence-corrected chi connectivity index (χ2v) is 17.3. The molecule has 0 amide bonds. The molecule has 0 radical (unpaired) electrons. The normalized spacial score (nSPS) is 31.7. The maximum absolute atomic E-state index is 12.6. The lowest BCUT2D eigenvalue weighted by molar-refractivity contribution is -0.0869. The molecule has 5 rings (SSSR count). The lowest BCUT2D eigenvalue weighted by Gasteiger charge is -2.29. The summed E-state index contributed by atoms with van der Waals surface area (Å²) >= 11 is 0. The van der Waals surface area contributed by atoms with Gasteiger partial charge in [-0.2, -0.15) is 18.6 Å². The highest BCUT2D eigenvalue weighted by Gasteiger charge is 2.52. The van der Waals surface area contributed by atoms with Gasteiger partial charge in [0.05, 0.1) is 31.9 Å². The van der Waals surface area contributed by atoms with E-state index in [2.05, 4.69) is 37.6 Å². The van der Waals surface area contributed by atoms with E-state index >= 15 is 0 Å². The van der Waals surface area contributed by atoms with Crippen LogP contribution in [0.3, 0.4) is 0 Å². The molecule has 2 aromatic rings. The van der Waals surface area contributed by atoms with Crippen LogP contribution < -0.4 is 22.8 Å². The molecule has 15 N–H and O–H groups in total. The van der Waals surface area contributed by atoms with Crippen LogP contribution >= 0.6 is 23.5 Å². The number of ether oxygens (including phenoxy) is 2. The second-order valence-electron chi connectivity index (χ2n) is 12.7. The molecule has 0 spiro atoms. The lowest BCUT2D eigenvalue weighted by atomic mass is 9.98. The van der Waals surface area contributed by atoms with Crippen molar-refractivity contribution in [3.8, 4) is 0 Å². The minimum absolute atomic E-state index is 0.0186. The third kappa shape index (κ3) is 9.22. The molecule has 10 unspecified atom stereocenters. The van der Waals surface area contributed by atoms with Gasteiger partial charge in [-0.15, -0.1) is 0 Å². The van der Waals surface area contributed by atoms with Crippen LogP contribution in [-0.2, 0) is 40.8 Å². The molecule has 3 aliphatic heterocycles. The number of aromatic nitrogens is 4. The van der Waals surface area contributed by atoms with Crippen molar-refractivity contribution in [2.75, 3.05) is 32.7 Å². The standard InChI is InChI=1S/C24H41N10O18P3/c1-4-24(2,40)16-18(29-22(25)26)34(8-32(16)3)21-15(38)13(36)10(50-21)6-48-54(43,44)52-55(45,46)51-53(41,42)47-5-9-12(35)14(37)20(49-9)33-7-28-11-17(33)30-23(27)31-19(11)39/h7,9-10,12-15,20-21,35-38,40H,4-6,8H2,1-3H3,(H,41,42)(H,43,44)(H,45,46)(H4,25,26,29)(H3,27,30,31,39)/t9?,10-,12?,13?,14?,15?,20?,21-,24?/m1/s1. The number of aromatic amines is 1. The van der Waals surface area contributed by atoms with Gasteiger partial charge in [0.2, 0.25) is 5.95 Å². The number of hydrogen-bond acceptors (Lipinski definition) is 21. The molecule has 28 nitrogen and oxygen atoms in total. The first-order valence-corrected chi connectivity index (χ1v) is 20.4. The summed E-state index contributed by atoms with van der Waals surface area (Å²) in [5.74, 6) is -0.745. The maximum Gasteiger partial charge on any atom is 0.490 e. The Morgan fingerprint density at radius 1 is 0.982 bits per heavy atom. The molecular weight excluding hydrogens is 809 g/mol. The second kappa shape index (κ2) is 15.7. The van der Waals surface area contributed by atoms with Gasteiger partial charge in [0.15, 0.2) is 35.4 Å². The number of fused-ring (bicyclic) bond motifs is 1. The van der Waals surface area contributed by atoms with Gasteiger partial charge in [0.25, 0.3) is 5.56 Å². The van der Waals surface area contributed by atoms with E-state index in [9.17, 15) is 58.7 Å². The average molecular weight is 851 g/mol. The first-order valence-electron chi connectivity index (χ1n) is 15.9. The molecule has 2 fully saturated rings. The van der Waals surface area contributed by atoms with E-state index in [-0.39, 0.29) is 41.7 Å². The maximum atomic E-state index is 12.6. The molecule has 0 aromatic carbocycles. The van der Waals surface area contributed by atoms with Crippen molar-refractivity contribution in [3.05, 3.63) is 28.2 Å². The van der Waals surface area contributed by atoms with Crippen molar-refractivity contribution >= 4 is 46.5 Å². The smallest absolute Gasteiger partial charge is 0.387 e. The van der Waals surface area contributed by atoms with Crippen molar-refractivity contribution in [3.63, 3.8) is 0 Å². The number of aliphatic hydroxyl groups is 5. The van der Waals surface area contributed by atoms with Crippen LogP contribution in [0.15, 0.2) is 27.6 Å². The molecule has 3 aliphatic rings. The fourth-order valence-electron chi connectivity index (χ4n) is 5.94. The summed E-state index contributed by atoms with van der Waals surface area (Å²) in [4.78, 5) is 59.1. The molecule has 0 bridgehead atoms. The number of hydrogen-bond donors (Lipinski definition) is 12. The van der Waals surface area contributed by atoms with Gasteiger partial charge in [0.1, 0.15) is 42.2 Å². The van der Waals surface area contributed by atoms with Crippen LogP contribution in [0.4, 0.5) is 5.95 Å². The summed E-state index contributed by atoms with van der Waals surface area (Å²) in [5.41, 5.74) is 14.4. The molecule has 2 aromatic heterocycles. The molecule has 2 saturated heterocycles. The number of nitrogens with one attached hydrogen (secondary N) is 1. The Hall–Kier alpha value is -3.11. The quantitative estimate of drug-likeness (QED) is 0.0461. The number of likely N-dealkylation sites (N-methyl/N-ethyl adjacent to an activating group) is 1. The number of H-pyrrole nitrogens is 1. The fourth-order valence-corrected chi connectivity index (χ4v) is 9.46. The van der Waals surface area contributed by atoms with Gasteiger partial charge < -0.3 is 76.7 Å². The van der Waals surface area contributed by atoms with E-state index < -0.39 is 103 Å². The highest BCUT2D eigenvalue weighted by atomic mass is 31.3. The minimum atomic E-state index is -6.01. The topological polar surface area (TPSA) is 429 Å². The number of guanidine groups is 1. The molecule has 0 saturated carbocycles. The van der Waals surface area contributed by atoms with E-state index in [1.807, 2.05) is 0 Å². The van der Waals surface area contributed by atoms with Crippen LogP contribution in [0, 0.1) is 0 Å². The summed E-state index contributed by atoms with van der Waals surface area (Å²) in [6, 6.07) is 0. The van der Waals surface area contributed by atoms with Gasteiger partial charge >= 0.3 is 23.5 Å². The molecule has 31 heteroatoms. The highest BCUT2D eigenvalue weighted by Crippen LogP contribution is 2.68. The molecule has 310 valence electrons. The Kier molecular flexibility index (Phi) is 12.3. The Balaban J connectivity index is 1.18. The fraction of sp³-hybridized carbons (Fsp3) is 0.667. The first-order chi connectivity index (χ1) is 25.4. The Morgan fingerprint density at radius 3 is 2.04 bits per heavy atom. The van der Waals surface area contributed by atoms with Gasteiger partial charge in [-0.05, 0) is 13.3 Å². The zero-order chi connectivity index (χ0) is 41.0. The number of nitrogens with zero attached hydrogens (tertiary/aromatic N) is 6. The Labute approximate surface area is 309 Å². The van der Waals surface area contributed by atoms with Crippen molar-refractivity contribution in [2.45, 2.75) is 74.9 Å². The van der Waals surface area contributed by atoms with E-state index in [0.29, 0.717) is 0 Å². The Bertz CT molecular complexity index is 2030. The SMILES string of the molecule is CCC(C)(O)C1=C(N=C(N)N)N([C@@H]2O[C@H](COP(=O)(O)OP(=O)(O)OP(=O)(O)OCC3OC(n4cnc5c(=O)[nH]c(N)nc54)C(O)C3O)C(O)C2O)CN1C. The number of anilines is 1. The molecule has 55 heavy (non-hydrogen) atoms. The van der Waals surface area contributed by atoms with E-state index in [4.69, 9.17) is 26.7 Å². The zero-order valence-corrected chi connectivity index (χ0v) is 31.6. The third-order valence-electron chi connectivity index (χ3n) is 8.59. The van der Waals surface area contributed by atoms with Crippen molar-refractivity contribution in [2.24, 2.45) is 16.5 Å². The van der Waals surface area contributed by atoms with Crippen molar-refractivity contribution in [1.29, 1.82) is 0 Å². The number of phosphoric acid groups is 3.